The molecule has 0 unspecified atom stereocenters. The summed E-state index contributed by atoms with van der Waals surface area (Å²) in [6.45, 7) is 0. The molecule has 0 heterocycles. The summed E-state index contributed by atoms with van der Waals surface area (Å²) in [5.74, 6) is 0.613. The second-order valence-electron chi connectivity index (χ2n) is 5.78. The molecule has 3 N–H and O–H groups in total. The van der Waals surface area contributed by atoms with Gasteiger partial charge < -0.3 is 15.2 Å². The van der Waals surface area contributed by atoms with Gasteiger partial charge in [-0.2, -0.15) is 5.10 Å². The molecule has 28 heavy (non-hydrogen) atoms. The van der Waals surface area contributed by atoms with Gasteiger partial charge in [0.25, 0.3) is 0 Å². The number of benzene rings is 3. The summed E-state index contributed by atoms with van der Waals surface area (Å²) in [6, 6.07) is 21.7. The van der Waals surface area contributed by atoms with Gasteiger partial charge in [-0.15, -0.1) is 0 Å². The molecule has 0 aliphatic rings. The van der Waals surface area contributed by atoms with Crippen molar-refractivity contribution in [3.05, 3.63) is 88.9 Å². The van der Waals surface area contributed by atoms with E-state index in [0.717, 1.165) is 11.3 Å². The quantitative estimate of drug-likeness (QED) is 0.320. The van der Waals surface area contributed by atoms with Gasteiger partial charge in [0.05, 0.1) is 7.11 Å². The first-order valence-electron chi connectivity index (χ1n) is 8.40. The van der Waals surface area contributed by atoms with E-state index in [4.69, 9.17) is 28.6 Å². The van der Waals surface area contributed by atoms with Gasteiger partial charge in [-0.1, -0.05) is 41.9 Å². The first kappa shape index (κ1) is 19.7. The van der Waals surface area contributed by atoms with Crippen molar-refractivity contribution in [1.82, 2.24) is 5.43 Å². The van der Waals surface area contributed by atoms with E-state index in [1.165, 1.54) is 6.07 Å². The van der Waals surface area contributed by atoms with Crippen molar-refractivity contribution in [3.63, 3.8) is 0 Å². The minimum Gasteiger partial charge on any atom is -0.507 e. The topological polar surface area (TPSA) is 65.9 Å². The number of hydrazone groups is 1. The number of phenolic OH excluding ortho intramolecular Hbond substituents is 1. The summed E-state index contributed by atoms with van der Waals surface area (Å²) in [5, 5.41) is 18.8. The standard InChI is InChI=1S/C21H18ClN3O2S/c1-27-17-11-12-18(19(26)13-17)20(14-5-3-2-4-6-14)24-25-21(28)23-16-9-7-15(22)8-10-16/h2-13,26H,1H3,(H2,23,25,28). The fourth-order valence-electron chi connectivity index (χ4n) is 2.51. The van der Waals surface area contributed by atoms with Gasteiger partial charge in [-0.25, -0.2) is 0 Å². The molecule has 3 rings (SSSR count). The highest BCUT2D eigenvalue weighted by molar-refractivity contribution is 7.80. The molecule has 0 amide bonds. The van der Waals surface area contributed by atoms with Crippen LogP contribution in [-0.2, 0) is 0 Å². The van der Waals surface area contributed by atoms with Crippen molar-refractivity contribution in [3.8, 4) is 11.5 Å². The Kier molecular flexibility index (Phi) is 6.47. The number of nitrogens with zero attached hydrogens (tertiary/aromatic N) is 1. The van der Waals surface area contributed by atoms with Crippen molar-refractivity contribution in [2.45, 2.75) is 0 Å². The van der Waals surface area contributed by atoms with Crippen LogP contribution in [0.1, 0.15) is 11.1 Å². The third-order valence-electron chi connectivity index (χ3n) is 3.88. The molecule has 0 aliphatic carbocycles. The van der Waals surface area contributed by atoms with Crippen LogP contribution in [0.3, 0.4) is 0 Å². The lowest BCUT2D eigenvalue weighted by atomic mass is 10.0. The van der Waals surface area contributed by atoms with Gasteiger partial charge in [0.2, 0.25) is 0 Å². The maximum absolute atomic E-state index is 10.4. The molecule has 0 radical (unpaired) electrons. The maximum atomic E-state index is 10.4. The van der Waals surface area contributed by atoms with Gasteiger partial charge >= 0.3 is 0 Å². The van der Waals surface area contributed by atoms with E-state index in [1.807, 2.05) is 42.5 Å². The molecule has 0 saturated heterocycles. The molecule has 142 valence electrons. The minimum atomic E-state index is 0.0559. The van der Waals surface area contributed by atoms with Crippen LogP contribution in [0.5, 0.6) is 11.5 Å². The molecule has 0 atom stereocenters. The molecule has 0 saturated carbocycles. The highest BCUT2D eigenvalue weighted by atomic mass is 35.5. The number of ether oxygens (including phenoxy) is 1. The zero-order valence-corrected chi connectivity index (χ0v) is 16.6. The zero-order valence-electron chi connectivity index (χ0n) is 15.0. The van der Waals surface area contributed by atoms with Crippen LogP contribution >= 0.6 is 23.8 Å². The number of aromatic hydroxyl groups is 1. The van der Waals surface area contributed by atoms with E-state index in [0.29, 0.717) is 27.2 Å². The van der Waals surface area contributed by atoms with Gasteiger partial charge in [0.15, 0.2) is 5.11 Å². The number of anilines is 1. The predicted octanol–water partition coefficient (Wildman–Crippen LogP) is 4.79. The summed E-state index contributed by atoms with van der Waals surface area (Å²) >= 11 is 11.2. The third-order valence-corrected chi connectivity index (χ3v) is 4.32. The molecule has 0 spiro atoms. The average Bonchev–Trinajstić information content (AvgIpc) is 2.71. The fourth-order valence-corrected chi connectivity index (χ4v) is 2.80. The maximum Gasteiger partial charge on any atom is 0.191 e. The Morgan fingerprint density at radius 1 is 1.04 bits per heavy atom. The second-order valence-corrected chi connectivity index (χ2v) is 6.63. The zero-order chi connectivity index (χ0) is 19.9. The largest absolute Gasteiger partial charge is 0.507 e. The number of nitrogens with one attached hydrogen (secondary N) is 2. The van der Waals surface area contributed by atoms with Gasteiger partial charge in [0.1, 0.15) is 17.2 Å². The number of hydrogen-bond acceptors (Lipinski definition) is 4. The normalized spacial score (nSPS) is 11.0. The number of methoxy groups -OCH3 is 1. The van der Waals surface area contributed by atoms with Crippen LogP contribution < -0.4 is 15.5 Å². The fraction of sp³-hybridized carbons (Fsp3) is 0.0476. The highest BCUT2D eigenvalue weighted by Crippen LogP contribution is 2.26. The molecular weight excluding hydrogens is 394 g/mol. The van der Waals surface area contributed by atoms with Crippen molar-refractivity contribution in [2.75, 3.05) is 12.4 Å². The Labute approximate surface area is 173 Å². The molecule has 0 aromatic heterocycles. The molecule has 0 fully saturated rings. The number of phenols is 1. The molecule has 3 aromatic rings. The van der Waals surface area contributed by atoms with E-state index in [2.05, 4.69) is 15.8 Å². The Hall–Kier alpha value is -3.09. The van der Waals surface area contributed by atoms with Crippen LogP contribution in [0.25, 0.3) is 0 Å². The third kappa shape index (κ3) is 5.00. The molecule has 5 nitrogen and oxygen atoms in total. The summed E-state index contributed by atoms with van der Waals surface area (Å²) in [6.07, 6.45) is 0. The van der Waals surface area contributed by atoms with E-state index in [1.54, 1.807) is 31.4 Å². The Morgan fingerprint density at radius 3 is 2.39 bits per heavy atom. The second kappa shape index (κ2) is 9.21. The molecule has 0 bridgehead atoms. The Morgan fingerprint density at radius 2 is 1.75 bits per heavy atom. The van der Waals surface area contributed by atoms with Crippen molar-refractivity contribution in [1.29, 1.82) is 0 Å². The van der Waals surface area contributed by atoms with Crippen LogP contribution in [0.4, 0.5) is 5.69 Å². The predicted molar refractivity (Wildman–Crippen MR) is 118 cm³/mol. The van der Waals surface area contributed by atoms with Crippen LogP contribution in [0.15, 0.2) is 77.9 Å². The van der Waals surface area contributed by atoms with Crippen LogP contribution in [0.2, 0.25) is 5.02 Å². The number of halogens is 1. The molecule has 3 aromatic carbocycles. The van der Waals surface area contributed by atoms with Crippen LogP contribution in [-0.4, -0.2) is 23.0 Å². The highest BCUT2D eigenvalue weighted by Gasteiger charge is 2.13. The summed E-state index contributed by atoms with van der Waals surface area (Å²) in [7, 11) is 1.54. The van der Waals surface area contributed by atoms with Gasteiger partial charge in [-0.3, -0.25) is 5.43 Å². The lowest BCUT2D eigenvalue weighted by molar-refractivity contribution is 0.407. The lowest BCUT2D eigenvalue weighted by Crippen LogP contribution is -2.25. The minimum absolute atomic E-state index is 0.0559. The Bertz CT molecular complexity index is 992. The van der Waals surface area contributed by atoms with E-state index in [-0.39, 0.29) is 5.75 Å². The smallest absolute Gasteiger partial charge is 0.191 e. The van der Waals surface area contributed by atoms with E-state index >= 15 is 0 Å². The summed E-state index contributed by atoms with van der Waals surface area (Å²) < 4.78 is 5.15. The first-order valence-corrected chi connectivity index (χ1v) is 9.18. The van der Waals surface area contributed by atoms with Gasteiger partial charge in [0, 0.05) is 27.9 Å². The number of thiocarbonyl (C=S) groups is 1. The van der Waals surface area contributed by atoms with Crippen molar-refractivity contribution < 1.29 is 9.84 Å². The van der Waals surface area contributed by atoms with E-state index < -0.39 is 0 Å². The molecule has 0 aliphatic heterocycles. The van der Waals surface area contributed by atoms with E-state index in [9.17, 15) is 5.11 Å². The lowest BCUT2D eigenvalue weighted by Gasteiger charge is -2.12. The van der Waals surface area contributed by atoms with Crippen molar-refractivity contribution in [2.24, 2.45) is 5.10 Å². The molecular formula is C21H18ClN3O2S. The van der Waals surface area contributed by atoms with Crippen LogP contribution in [0, 0.1) is 0 Å². The average molecular weight is 412 g/mol. The summed E-state index contributed by atoms with van der Waals surface area (Å²) in [5.41, 5.74) is 5.53. The van der Waals surface area contributed by atoms with Crippen molar-refractivity contribution >= 4 is 40.3 Å². The number of rotatable bonds is 5. The number of hydrogen-bond donors (Lipinski definition) is 3. The summed E-state index contributed by atoms with van der Waals surface area (Å²) in [4.78, 5) is 0. The molecule has 7 heteroatoms. The van der Waals surface area contributed by atoms with Gasteiger partial charge in [-0.05, 0) is 48.6 Å². The monoisotopic (exact) mass is 411 g/mol. The SMILES string of the molecule is COc1ccc(C(=NNC(=S)Nc2ccc(Cl)cc2)c2ccccc2)c(O)c1. The first-order chi connectivity index (χ1) is 13.6. The Balaban J connectivity index is 1.87.